The molecule has 2 unspecified atom stereocenters. The fourth-order valence-electron chi connectivity index (χ4n) is 9.68. The standard InChI is InChI=1S/C82H136NO8P/c1-6-8-10-12-14-16-18-20-22-24-26-28-30-32-34-36-38-39-40-41-42-43-45-46-48-50-52-54-56-58-60-62-64-66-68-70-72-74-81(84)88-78-80(79-90-92(86,87)89-77-76-83(3,4)5)91-82(85)75-73-71-69-67-65-63-61-59-57-55-53-51-49-47-44-37-35-33-31-29-27-25-23-21-19-17-15-13-11-9-7-2/h8-11,14-17,20-23,26-29,32-35,44,47,51,53,57,59,63,65,80H,6-7,12-13,18-19,24-25,30-31,36-43,45-46,48-50,52,54-56,58,60-62,64,66-79H2,1-5H3/b10-8-,11-9-,16-14-,17-15-,22-20-,23-21-,28-26-,29-27-,34-32-,35-33-,47-44-,53-51-,59-57-,65-63-. The number of unbranched alkanes of at least 4 members (excludes halogenated alkanes) is 24. The molecule has 10 heteroatoms. The molecule has 0 aromatic carbocycles. The highest BCUT2D eigenvalue weighted by atomic mass is 31.2. The number of carbonyl (C=O) groups is 2. The van der Waals surface area contributed by atoms with E-state index in [9.17, 15) is 19.0 Å². The average molecular weight is 1290 g/mol. The molecule has 0 aromatic rings. The van der Waals surface area contributed by atoms with Crippen molar-refractivity contribution in [3.05, 3.63) is 170 Å². The van der Waals surface area contributed by atoms with Crippen LogP contribution in [0.25, 0.3) is 0 Å². The van der Waals surface area contributed by atoms with Crippen molar-refractivity contribution in [3.63, 3.8) is 0 Å². The van der Waals surface area contributed by atoms with E-state index in [1.807, 2.05) is 21.1 Å². The fourth-order valence-corrected chi connectivity index (χ4v) is 10.4. The van der Waals surface area contributed by atoms with Crippen molar-refractivity contribution in [1.29, 1.82) is 0 Å². The Morgan fingerprint density at radius 3 is 0.880 bits per heavy atom. The minimum atomic E-state index is -4.66. The molecule has 2 atom stereocenters. The number of hydrogen-bond acceptors (Lipinski definition) is 8. The van der Waals surface area contributed by atoms with Gasteiger partial charge < -0.3 is 27.9 Å². The van der Waals surface area contributed by atoms with Gasteiger partial charge >= 0.3 is 11.9 Å². The number of ether oxygens (including phenoxy) is 2. The molecule has 522 valence electrons. The monoisotopic (exact) mass is 1290 g/mol. The van der Waals surface area contributed by atoms with Crippen LogP contribution in [0.15, 0.2) is 170 Å². The molecule has 0 aliphatic rings. The quantitative estimate of drug-likeness (QED) is 0.0195. The van der Waals surface area contributed by atoms with Crippen molar-refractivity contribution < 1.29 is 42.1 Å². The van der Waals surface area contributed by atoms with E-state index in [4.69, 9.17) is 18.5 Å². The van der Waals surface area contributed by atoms with Gasteiger partial charge in [-0.1, -0.05) is 312 Å². The van der Waals surface area contributed by atoms with Crippen molar-refractivity contribution in [1.82, 2.24) is 0 Å². The maximum Gasteiger partial charge on any atom is 0.306 e. The molecule has 0 spiro atoms. The van der Waals surface area contributed by atoms with Crippen LogP contribution in [0.5, 0.6) is 0 Å². The lowest BCUT2D eigenvalue weighted by Gasteiger charge is -2.28. The number of esters is 2. The maximum atomic E-state index is 12.9. The van der Waals surface area contributed by atoms with Gasteiger partial charge in [-0.25, -0.2) is 0 Å². The van der Waals surface area contributed by atoms with Gasteiger partial charge in [-0.2, -0.15) is 0 Å². The van der Waals surface area contributed by atoms with E-state index in [1.165, 1.54) is 122 Å². The van der Waals surface area contributed by atoms with Gasteiger partial charge in [0.25, 0.3) is 7.82 Å². The molecule has 0 bridgehead atoms. The van der Waals surface area contributed by atoms with Gasteiger partial charge in [0.2, 0.25) is 0 Å². The molecule has 0 aliphatic heterocycles. The number of phosphoric acid groups is 1. The Labute approximate surface area is 566 Å². The van der Waals surface area contributed by atoms with Crippen LogP contribution < -0.4 is 4.89 Å². The van der Waals surface area contributed by atoms with E-state index in [1.54, 1.807) is 0 Å². The molecule has 0 radical (unpaired) electrons. The summed E-state index contributed by atoms with van der Waals surface area (Å²) < 4.78 is 34.3. The number of likely N-dealkylation sites (N-methyl/N-ethyl adjacent to an activating group) is 1. The molecule has 0 heterocycles. The second kappa shape index (κ2) is 70.7. The Balaban J connectivity index is 4.09. The smallest absolute Gasteiger partial charge is 0.306 e. The normalized spacial score (nSPS) is 14.1. The molecule has 0 aliphatic carbocycles. The number of carbonyl (C=O) groups excluding carboxylic acids is 2. The predicted molar refractivity (Wildman–Crippen MR) is 396 cm³/mol. The van der Waals surface area contributed by atoms with Crippen LogP contribution in [0.2, 0.25) is 0 Å². The van der Waals surface area contributed by atoms with Crippen molar-refractivity contribution in [2.24, 2.45) is 0 Å². The number of allylic oxidation sites excluding steroid dienone is 28. The number of phosphoric ester groups is 1. The lowest BCUT2D eigenvalue weighted by molar-refractivity contribution is -0.870. The topological polar surface area (TPSA) is 111 Å². The molecule has 0 rings (SSSR count). The molecule has 0 saturated carbocycles. The largest absolute Gasteiger partial charge is 0.756 e. The van der Waals surface area contributed by atoms with E-state index in [0.29, 0.717) is 17.4 Å². The van der Waals surface area contributed by atoms with Gasteiger partial charge in [0, 0.05) is 12.8 Å². The van der Waals surface area contributed by atoms with Crippen LogP contribution in [0.3, 0.4) is 0 Å². The summed E-state index contributed by atoms with van der Waals surface area (Å²) in [5.41, 5.74) is 0. The van der Waals surface area contributed by atoms with Crippen molar-refractivity contribution in [2.75, 3.05) is 47.5 Å². The van der Waals surface area contributed by atoms with Crippen LogP contribution >= 0.6 is 7.82 Å². The summed E-state index contributed by atoms with van der Waals surface area (Å²) in [5.74, 6) is -0.875. The summed E-state index contributed by atoms with van der Waals surface area (Å²) in [6.45, 7) is 3.97. The molecule has 0 amide bonds. The van der Waals surface area contributed by atoms with Crippen LogP contribution in [0.1, 0.15) is 284 Å². The summed E-state index contributed by atoms with van der Waals surface area (Å²) in [5, 5.41) is 0. The van der Waals surface area contributed by atoms with Gasteiger partial charge in [-0.05, 0) is 128 Å². The zero-order valence-corrected chi connectivity index (χ0v) is 60.3. The average Bonchev–Trinajstić information content (AvgIpc) is 2.14. The van der Waals surface area contributed by atoms with Gasteiger partial charge in [0.05, 0.1) is 27.7 Å². The summed E-state index contributed by atoms with van der Waals surface area (Å²) in [6, 6.07) is 0. The number of nitrogens with zero attached hydrogens (tertiary/aromatic N) is 1. The Morgan fingerprint density at radius 2 is 0.587 bits per heavy atom. The molecular weight excluding hydrogens is 1160 g/mol. The second-order valence-electron chi connectivity index (χ2n) is 25.2. The summed E-state index contributed by atoms with van der Waals surface area (Å²) in [6.07, 6.45) is 107. The van der Waals surface area contributed by atoms with Crippen molar-refractivity contribution in [2.45, 2.75) is 290 Å². The highest BCUT2D eigenvalue weighted by Gasteiger charge is 2.22. The van der Waals surface area contributed by atoms with Crippen LogP contribution in [0, 0.1) is 0 Å². The summed E-state index contributed by atoms with van der Waals surface area (Å²) >= 11 is 0. The Hall–Kier alpha value is -4.63. The SMILES string of the molecule is CC/C=C\C/C=C\C/C=C\C/C=C\C/C=C\C/C=C\C/C=C\C/C=C\C/C=C\CCCCCC(=O)OC(COC(=O)CCCCCCCCCCCCCCCCCCCCCCC/C=C\C/C=C\C/C=C\C/C=C\C/C=C\CC)COP(=O)([O-])OCC[N+](C)(C)C. The van der Waals surface area contributed by atoms with E-state index in [-0.39, 0.29) is 26.1 Å². The van der Waals surface area contributed by atoms with Crippen LogP contribution in [-0.2, 0) is 32.7 Å². The highest BCUT2D eigenvalue weighted by molar-refractivity contribution is 7.45. The number of rotatable bonds is 66. The second-order valence-corrected chi connectivity index (χ2v) is 26.6. The third-order valence-electron chi connectivity index (χ3n) is 15.2. The lowest BCUT2D eigenvalue weighted by Crippen LogP contribution is -2.37. The van der Waals surface area contributed by atoms with Crippen molar-refractivity contribution in [3.8, 4) is 0 Å². The molecule has 0 saturated heterocycles. The number of hydrogen-bond donors (Lipinski definition) is 0. The first kappa shape index (κ1) is 87.4. The molecular formula is C82H136NO8P. The Bertz CT molecular complexity index is 2160. The first-order valence-electron chi connectivity index (χ1n) is 36.8. The van der Waals surface area contributed by atoms with E-state index in [0.717, 1.165) is 128 Å². The minimum Gasteiger partial charge on any atom is -0.756 e. The van der Waals surface area contributed by atoms with Gasteiger partial charge in [-0.3, -0.25) is 14.2 Å². The lowest BCUT2D eigenvalue weighted by atomic mass is 10.0. The molecule has 9 nitrogen and oxygen atoms in total. The molecule has 92 heavy (non-hydrogen) atoms. The fraction of sp³-hybridized carbons (Fsp3) is 0.634. The van der Waals surface area contributed by atoms with E-state index in [2.05, 4.69) is 184 Å². The summed E-state index contributed by atoms with van der Waals surface area (Å²) in [7, 11) is 1.13. The Morgan fingerprint density at radius 1 is 0.337 bits per heavy atom. The van der Waals surface area contributed by atoms with Crippen molar-refractivity contribution >= 4 is 19.8 Å². The highest BCUT2D eigenvalue weighted by Crippen LogP contribution is 2.38. The third-order valence-corrected chi connectivity index (χ3v) is 16.2. The first-order chi connectivity index (χ1) is 45.0. The van der Waals surface area contributed by atoms with E-state index >= 15 is 0 Å². The maximum absolute atomic E-state index is 12.9. The number of quaternary nitrogens is 1. The zero-order chi connectivity index (χ0) is 66.9. The zero-order valence-electron chi connectivity index (χ0n) is 59.4. The molecule has 0 N–H and O–H groups in total. The molecule has 0 aromatic heterocycles. The van der Waals surface area contributed by atoms with Crippen LogP contribution in [-0.4, -0.2) is 70.0 Å². The summed E-state index contributed by atoms with van der Waals surface area (Å²) in [4.78, 5) is 38.1. The van der Waals surface area contributed by atoms with Gasteiger partial charge in [-0.15, -0.1) is 0 Å². The Kier molecular flexibility index (Phi) is 67.1. The van der Waals surface area contributed by atoms with Crippen LogP contribution in [0.4, 0.5) is 0 Å². The molecule has 0 fully saturated rings. The third kappa shape index (κ3) is 74.4. The van der Waals surface area contributed by atoms with Gasteiger partial charge in [0.15, 0.2) is 6.10 Å². The minimum absolute atomic E-state index is 0.0452. The predicted octanol–water partition coefficient (Wildman–Crippen LogP) is 23.9. The van der Waals surface area contributed by atoms with E-state index < -0.39 is 32.5 Å². The first-order valence-corrected chi connectivity index (χ1v) is 38.3. The van der Waals surface area contributed by atoms with Gasteiger partial charge in [0.1, 0.15) is 19.8 Å².